The molecule has 1 saturated heterocycles. The maximum Gasteiger partial charge on any atom is 0.238 e. The Balaban J connectivity index is 1.35. The Kier molecular flexibility index (Phi) is 4.79. The van der Waals surface area contributed by atoms with Gasteiger partial charge in [0, 0.05) is 6.04 Å². The van der Waals surface area contributed by atoms with E-state index in [-0.39, 0.29) is 18.0 Å². The minimum atomic E-state index is -0.289. The molecular formula is C20H23N5O2. The number of aromatic nitrogens is 2. The fourth-order valence-electron chi connectivity index (χ4n) is 3.39. The van der Waals surface area contributed by atoms with E-state index in [1.807, 2.05) is 49.4 Å². The van der Waals surface area contributed by atoms with Gasteiger partial charge in [0.1, 0.15) is 17.6 Å². The van der Waals surface area contributed by atoms with Crippen LogP contribution in [-0.2, 0) is 11.3 Å². The van der Waals surface area contributed by atoms with E-state index in [0.29, 0.717) is 13.0 Å². The lowest BCUT2D eigenvalue weighted by atomic mass is 10.0. The fourth-order valence-corrected chi connectivity index (χ4v) is 3.39. The summed E-state index contributed by atoms with van der Waals surface area (Å²) in [6.07, 6.45) is 0.678. The molecule has 0 bridgehead atoms. The van der Waals surface area contributed by atoms with E-state index >= 15 is 0 Å². The van der Waals surface area contributed by atoms with Crippen molar-refractivity contribution in [2.24, 2.45) is 0 Å². The predicted molar refractivity (Wildman–Crippen MR) is 103 cm³/mol. The van der Waals surface area contributed by atoms with Crippen molar-refractivity contribution in [3.05, 3.63) is 59.4 Å². The van der Waals surface area contributed by atoms with Gasteiger partial charge in [-0.25, -0.2) is 15.8 Å². The standard InChI is InChI=1S/C20H23N5O2/c1-12-4-3-5-15-19(12)23-18(22-15)11-21-20(26)17-10-16(24-25-17)13-6-8-14(27-2)9-7-13/h3-9,16-17,24-25H,10-11H2,1-2H3,(H,21,26)(H,22,23). The Hall–Kier alpha value is -2.90. The molecular weight excluding hydrogens is 342 g/mol. The quantitative estimate of drug-likeness (QED) is 0.556. The minimum Gasteiger partial charge on any atom is -0.497 e. The summed E-state index contributed by atoms with van der Waals surface area (Å²) >= 11 is 0. The number of fused-ring (bicyclic) bond motifs is 1. The van der Waals surface area contributed by atoms with Crippen LogP contribution in [0.4, 0.5) is 0 Å². The number of rotatable bonds is 5. The molecule has 2 unspecified atom stereocenters. The molecule has 7 heteroatoms. The summed E-state index contributed by atoms with van der Waals surface area (Å²) in [6.45, 7) is 2.40. The first-order valence-electron chi connectivity index (χ1n) is 9.01. The Morgan fingerprint density at radius 1 is 1.22 bits per heavy atom. The van der Waals surface area contributed by atoms with Crippen LogP contribution in [-0.4, -0.2) is 29.0 Å². The number of nitrogens with zero attached hydrogens (tertiary/aromatic N) is 1. The van der Waals surface area contributed by atoms with Gasteiger partial charge in [0.05, 0.1) is 24.7 Å². The highest BCUT2D eigenvalue weighted by molar-refractivity contribution is 5.82. The molecule has 1 fully saturated rings. The number of aryl methyl sites for hydroxylation is 1. The molecule has 1 aliphatic heterocycles. The van der Waals surface area contributed by atoms with Gasteiger partial charge in [0.2, 0.25) is 5.91 Å². The van der Waals surface area contributed by atoms with Crippen molar-refractivity contribution >= 4 is 16.9 Å². The first-order valence-corrected chi connectivity index (χ1v) is 9.01. The number of imidazole rings is 1. The second kappa shape index (κ2) is 7.38. The number of para-hydroxylation sites is 1. The number of amides is 1. The van der Waals surface area contributed by atoms with Gasteiger partial charge in [-0.2, -0.15) is 0 Å². The summed E-state index contributed by atoms with van der Waals surface area (Å²) in [5.41, 5.74) is 10.4. The van der Waals surface area contributed by atoms with Crippen molar-refractivity contribution in [2.75, 3.05) is 7.11 Å². The van der Waals surface area contributed by atoms with Crippen LogP contribution in [0, 0.1) is 6.92 Å². The number of hydrazine groups is 1. The molecule has 0 saturated carbocycles. The molecule has 140 valence electrons. The van der Waals surface area contributed by atoms with E-state index in [9.17, 15) is 4.79 Å². The molecule has 4 rings (SSSR count). The van der Waals surface area contributed by atoms with Crippen LogP contribution in [0.3, 0.4) is 0 Å². The molecule has 0 spiro atoms. The third kappa shape index (κ3) is 3.65. The first kappa shape index (κ1) is 17.5. The van der Waals surface area contributed by atoms with Gasteiger partial charge in [-0.05, 0) is 42.7 Å². The highest BCUT2D eigenvalue weighted by atomic mass is 16.5. The fraction of sp³-hybridized carbons (Fsp3) is 0.300. The van der Waals surface area contributed by atoms with Crippen molar-refractivity contribution in [1.82, 2.24) is 26.1 Å². The van der Waals surface area contributed by atoms with Gasteiger partial charge in [0.15, 0.2) is 0 Å². The third-order valence-corrected chi connectivity index (χ3v) is 4.93. The molecule has 0 radical (unpaired) electrons. The molecule has 2 aromatic carbocycles. The SMILES string of the molecule is COc1ccc(C2CC(C(=O)NCc3nc4c(C)cccc4[nH]3)NN2)cc1. The lowest BCUT2D eigenvalue weighted by Gasteiger charge is -2.10. The number of hydrogen-bond donors (Lipinski definition) is 4. The van der Waals surface area contributed by atoms with E-state index < -0.39 is 0 Å². The highest BCUT2D eigenvalue weighted by Gasteiger charge is 2.30. The summed E-state index contributed by atoms with van der Waals surface area (Å²) in [5, 5.41) is 2.96. The average molecular weight is 365 g/mol. The largest absolute Gasteiger partial charge is 0.497 e. The topological polar surface area (TPSA) is 91.1 Å². The summed E-state index contributed by atoms with van der Waals surface area (Å²) in [7, 11) is 1.65. The van der Waals surface area contributed by atoms with Crippen molar-refractivity contribution in [2.45, 2.75) is 32.0 Å². The van der Waals surface area contributed by atoms with Crippen LogP contribution >= 0.6 is 0 Å². The number of ether oxygens (including phenoxy) is 1. The molecule has 1 aromatic heterocycles. The average Bonchev–Trinajstić information content (AvgIpc) is 3.34. The van der Waals surface area contributed by atoms with E-state index in [1.54, 1.807) is 7.11 Å². The number of aromatic amines is 1. The van der Waals surface area contributed by atoms with E-state index in [4.69, 9.17) is 4.74 Å². The van der Waals surface area contributed by atoms with E-state index in [0.717, 1.165) is 33.7 Å². The number of nitrogens with one attached hydrogen (secondary N) is 4. The van der Waals surface area contributed by atoms with Crippen LogP contribution in [0.25, 0.3) is 11.0 Å². The number of carbonyl (C=O) groups is 1. The van der Waals surface area contributed by atoms with Crippen LogP contribution < -0.4 is 20.9 Å². The molecule has 4 N–H and O–H groups in total. The number of H-pyrrole nitrogens is 1. The van der Waals surface area contributed by atoms with Crippen molar-refractivity contribution < 1.29 is 9.53 Å². The van der Waals surface area contributed by atoms with Gasteiger partial charge >= 0.3 is 0 Å². The number of methoxy groups -OCH3 is 1. The molecule has 7 nitrogen and oxygen atoms in total. The number of carbonyl (C=O) groups excluding carboxylic acids is 1. The van der Waals surface area contributed by atoms with E-state index in [1.165, 1.54) is 0 Å². The summed E-state index contributed by atoms with van der Waals surface area (Å²) < 4.78 is 5.19. The zero-order valence-electron chi connectivity index (χ0n) is 15.4. The molecule has 2 heterocycles. The Morgan fingerprint density at radius 2 is 2.04 bits per heavy atom. The number of benzene rings is 2. The summed E-state index contributed by atoms with van der Waals surface area (Å²) in [6, 6.07) is 13.7. The zero-order valence-corrected chi connectivity index (χ0v) is 15.4. The Morgan fingerprint density at radius 3 is 2.78 bits per heavy atom. The normalized spacial score (nSPS) is 19.3. The van der Waals surface area contributed by atoms with Crippen LogP contribution in [0.2, 0.25) is 0 Å². The molecule has 2 atom stereocenters. The Bertz CT molecular complexity index is 951. The first-order chi connectivity index (χ1) is 13.1. The predicted octanol–water partition coefficient (Wildman–Crippen LogP) is 2.10. The summed E-state index contributed by atoms with van der Waals surface area (Å²) in [5.74, 6) is 1.53. The number of hydrogen-bond acceptors (Lipinski definition) is 5. The van der Waals surface area contributed by atoms with Crippen molar-refractivity contribution in [1.29, 1.82) is 0 Å². The second-order valence-electron chi connectivity index (χ2n) is 6.78. The molecule has 1 amide bonds. The Labute approximate surface area is 157 Å². The van der Waals surface area contributed by atoms with Gasteiger partial charge in [-0.15, -0.1) is 0 Å². The maximum atomic E-state index is 12.5. The minimum absolute atomic E-state index is 0.0457. The molecule has 1 aliphatic rings. The van der Waals surface area contributed by atoms with Gasteiger partial charge in [-0.3, -0.25) is 4.79 Å². The highest BCUT2D eigenvalue weighted by Crippen LogP contribution is 2.24. The van der Waals surface area contributed by atoms with E-state index in [2.05, 4.69) is 26.1 Å². The smallest absolute Gasteiger partial charge is 0.238 e. The maximum absolute atomic E-state index is 12.5. The lowest BCUT2D eigenvalue weighted by molar-refractivity contribution is -0.123. The van der Waals surface area contributed by atoms with Crippen molar-refractivity contribution in [3.63, 3.8) is 0 Å². The van der Waals surface area contributed by atoms with Gasteiger partial charge < -0.3 is 15.0 Å². The van der Waals surface area contributed by atoms with Gasteiger partial charge in [-0.1, -0.05) is 24.3 Å². The van der Waals surface area contributed by atoms with Crippen LogP contribution in [0.15, 0.2) is 42.5 Å². The monoisotopic (exact) mass is 365 g/mol. The van der Waals surface area contributed by atoms with Crippen molar-refractivity contribution in [3.8, 4) is 5.75 Å². The van der Waals surface area contributed by atoms with Crippen LogP contribution in [0.1, 0.15) is 29.4 Å². The third-order valence-electron chi connectivity index (χ3n) is 4.93. The second-order valence-corrected chi connectivity index (χ2v) is 6.78. The van der Waals surface area contributed by atoms with Gasteiger partial charge in [0.25, 0.3) is 0 Å². The molecule has 0 aliphatic carbocycles. The molecule has 27 heavy (non-hydrogen) atoms. The lowest BCUT2D eigenvalue weighted by Crippen LogP contribution is -2.43. The van der Waals surface area contributed by atoms with Crippen LogP contribution in [0.5, 0.6) is 5.75 Å². The zero-order chi connectivity index (χ0) is 18.8. The molecule has 3 aromatic rings. The summed E-state index contributed by atoms with van der Waals surface area (Å²) in [4.78, 5) is 20.3.